The number of hydrogen-bond acceptors (Lipinski definition) is 4. The zero-order chi connectivity index (χ0) is 18.6. The van der Waals surface area contributed by atoms with E-state index < -0.39 is 0 Å². The third-order valence-corrected chi connectivity index (χ3v) is 6.63. The molecular weight excluding hydrogens is 358 g/mol. The molecule has 142 valence electrons. The first-order valence-corrected chi connectivity index (χ1v) is 10.6. The first kappa shape index (κ1) is 18.2. The van der Waals surface area contributed by atoms with Crippen molar-refractivity contribution < 1.29 is 9.59 Å². The van der Waals surface area contributed by atoms with Gasteiger partial charge in [0.1, 0.15) is 5.01 Å². The van der Waals surface area contributed by atoms with Crippen LogP contribution in [-0.2, 0) is 22.6 Å². The lowest BCUT2D eigenvalue weighted by atomic mass is 9.89. The Balaban J connectivity index is 1.34. The van der Waals surface area contributed by atoms with E-state index in [0.29, 0.717) is 13.1 Å². The molecule has 1 saturated carbocycles. The van der Waals surface area contributed by atoms with Crippen molar-refractivity contribution >= 4 is 23.2 Å². The van der Waals surface area contributed by atoms with Crippen LogP contribution in [0.4, 0.5) is 0 Å². The van der Waals surface area contributed by atoms with E-state index in [9.17, 15) is 9.59 Å². The van der Waals surface area contributed by atoms with Gasteiger partial charge in [-0.3, -0.25) is 9.59 Å². The number of benzene rings is 1. The maximum absolute atomic E-state index is 12.6. The number of nitrogens with zero attached hydrogens (tertiary/aromatic N) is 2. The molecule has 2 amide bonds. The van der Waals surface area contributed by atoms with Crippen molar-refractivity contribution in [2.75, 3.05) is 13.1 Å². The average molecular weight is 384 g/mol. The number of fused-ring (bicyclic) bond motifs is 1. The number of thiazole rings is 1. The standard InChI is InChI=1S/C21H25N3O2S/c25-19(13-22-20(26)15-7-3-1-4-8-15)24-12-11-17-18(14-24)27-21(23-17)16-9-5-2-6-10-16/h2,5-6,9-10,15H,1,3-4,7-8,11-14H2,(H,22,26). The highest BCUT2D eigenvalue weighted by Gasteiger charge is 2.26. The number of nitrogens with one attached hydrogen (secondary N) is 1. The van der Waals surface area contributed by atoms with E-state index in [1.165, 1.54) is 6.42 Å². The molecule has 0 spiro atoms. The smallest absolute Gasteiger partial charge is 0.242 e. The van der Waals surface area contributed by atoms with Crippen molar-refractivity contribution in [1.29, 1.82) is 0 Å². The van der Waals surface area contributed by atoms with Gasteiger partial charge in [-0.25, -0.2) is 4.98 Å². The lowest BCUT2D eigenvalue weighted by molar-refractivity contribution is -0.134. The first-order chi connectivity index (χ1) is 13.2. The Kier molecular flexibility index (Phi) is 5.53. The third-order valence-electron chi connectivity index (χ3n) is 5.49. The molecule has 1 aromatic heterocycles. The SMILES string of the molecule is O=C(NCC(=O)N1CCc2nc(-c3ccccc3)sc2C1)C1CCCCC1. The Hall–Kier alpha value is -2.21. The normalized spacial score (nSPS) is 17.4. The van der Waals surface area contributed by atoms with Gasteiger partial charge >= 0.3 is 0 Å². The minimum absolute atomic E-state index is 0.000490. The van der Waals surface area contributed by atoms with Gasteiger partial charge in [0.15, 0.2) is 0 Å². The van der Waals surface area contributed by atoms with Crippen LogP contribution in [0, 0.1) is 5.92 Å². The molecule has 4 rings (SSSR count). The number of hydrogen-bond donors (Lipinski definition) is 1. The van der Waals surface area contributed by atoms with Crippen LogP contribution < -0.4 is 5.32 Å². The Bertz CT molecular complexity index is 812. The van der Waals surface area contributed by atoms with Gasteiger partial charge in [-0.2, -0.15) is 0 Å². The molecule has 1 fully saturated rings. The molecule has 0 saturated heterocycles. The average Bonchev–Trinajstić information content (AvgIpc) is 3.16. The molecule has 2 aliphatic rings. The minimum Gasteiger partial charge on any atom is -0.347 e. The number of amides is 2. The molecule has 2 aromatic rings. The van der Waals surface area contributed by atoms with Crippen LogP contribution in [0.1, 0.15) is 42.7 Å². The topological polar surface area (TPSA) is 62.3 Å². The molecule has 1 aromatic carbocycles. The van der Waals surface area contributed by atoms with Crippen molar-refractivity contribution in [3.63, 3.8) is 0 Å². The van der Waals surface area contributed by atoms with Crippen molar-refractivity contribution in [3.8, 4) is 10.6 Å². The summed E-state index contributed by atoms with van der Waals surface area (Å²) in [4.78, 5) is 32.6. The molecule has 1 N–H and O–H groups in total. The zero-order valence-electron chi connectivity index (χ0n) is 15.4. The van der Waals surface area contributed by atoms with Gasteiger partial charge in [0, 0.05) is 29.3 Å². The summed E-state index contributed by atoms with van der Waals surface area (Å²) in [5.74, 6) is 0.138. The number of aromatic nitrogens is 1. The summed E-state index contributed by atoms with van der Waals surface area (Å²) >= 11 is 1.66. The fourth-order valence-electron chi connectivity index (χ4n) is 3.90. The van der Waals surface area contributed by atoms with Crippen LogP contribution in [0.3, 0.4) is 0 Å². The van der Waals surface area contributed by atoms with Crippen LogP contribution >= 0.6 is 11.3 Å². The predicted octanol–water partition coefficient (Wildman–Crippen LogP) is 3.39. The zero-order valence-corrected chi connectivity index (χ0v) is 16.3. The lowest BCUT2D eigenvalue weighted by Crippen LogP contribution is -2.43. The second kappa shape index (κ2) is 8.21. The highest BCUT2D eigenvalue weighted by molar-refractivity contribution is 7.15. The van der Waals surface area contributed by atoms with Crippen LogP contribution in [0.2, 0.25) is 0 Å². The highest BCUT2D eigenvalue weighted by atomic mass is 32.1. The van der Waals surface area contributed by atoms with Gasteiger partial charge in [0.05, 0.1) is 18.8 Å². The molecule has 5 nitrogen and oxygen atoms in total. The van der Waals surface area contributed by atoms with Gasteiger partial charge in [-0.1, -0.05) is 49.6 Å². The molecule has 2 heterocycles. The van der Waals surface area contributed by atoms with Gasteiger partial charge in [0.25, 0.3) is 0 Å². The number of carbonyl (C=O) groups is 2. The first-order valence-electron chi connectivity index (χ1n) is 9.80. The van der Waals surface area contributed by atoms with E-state index in [1.807, 2.05) is 23.1 Å². The largest absolute Gasteiger partial charge is 0.347 e. The van der Waals surface area contributed by atoms with Crippen molar-refractivity contribution in [3.05, 3.63) is 40.9 Å². The van der Waals surface area contributed by atoms with Gasteiger partial charge in [-0.15, -0.1) is 11.3 Å². The summed E-state index contributed by atoms with van der Waals surface area (Å²) in [7, 11) is 0. The van der Waals surface area contributed by atoms with E-state index in [-0.39, 0.29) is 24.3 Å². The predicted molar refractivity (Wildman–Crippen MR) is 106 cm³/mol. The summed E-state index contributed by atoms with van der Waals surface area (Å²) in [6, 6.07) is 10.2. The summed E-state index contributed by atoms with van der Waals surface area (Å²) < 4.78 is 0. The monoisotopic (exact) mass is 383 g/mol. The molecule has 0 bridgehead atoms. The molecule has 1 aliphatic carbocycles. The van der Waals surface area contributed by atoms with E-state index >= 15 is 0 Å². The third kappa shape index (κ3) is 4.21. The summed E-state index contributed by atoms with van der Waals surface area (Å²) in [5, 5.41) is 3.88. The molecule has 0 radical (unpaired) electrons. The number of carbonyl (C=O) groups excluding carboxylic acids is 2. The fourth-order valence-corrected chi connectivity index (χ4v) is 5.03. The Morgan fingerprint density at radius 1 is 1.15 bits per heavy atom. The van der Waals surface area contributed by atoms with E-state index in [0.717, 1.165) is 53.2 Å². The van der Waals surface area contributed by atoms with Crippen molar-refractivity contribution in [2.45, 2.75) is 45.1 Å². The molecule has 1 aliphatic heterocycles. The Morgan fingerprint density at radius 2 is 1.93 bits per heavy atom. The molecule has 0 unspecified atom stereocenters. The summed E-state index contributed by atoms with van der Waals surface area (Å²) in [5.41, 5.74) is 2.23. The summed E-state index contributed by atoms with van der Waals surface area (Å²) in [6.07, 6.45) is 6.15. The van der Waals surface area contributed by atoms with E-state index in [1.54, 1.807) is 11.3 Å². The number of rotatable bonds is 4. The van der Waals surface area contributed by atoms with Crippen LogP contribution in [0.25, 0.3) is 10.6 Å². The van der Waals surface area contributed by atoms with Crippen molar-refractivity contribution in [2.24, 2.45) is 5.92 Å². The second-order valence-corrected chi connectivity index (χ2v) is 8.46. The van der Waals surface area contributed by atoms with Gasteiger partial charge < -0.3 is 10.2 Å². The minimum atomic E-state index is -0.000490. The van der Waals surface area contributed by atoms with Crippen LogP contribution in [0.15, 0.2) is 30.3 Å². The second-order valence-electron chi connectivity index (χ2n) is 7.37. The molecule has 27 heavy (non-hydrogen) atoms. The van der Waals surface area contributed by atoms with Crippen molar-refractivity contribution in [1.82, 2.24) is 15.2 Å². The summed E-state index contributed by atoms with van der Waals surface area (Å²) in [6.45, 7) is 1.37. The van der Waals surface area contributed by atoms with Gasteiger partial charge in [-0.05, 0) is 12.8 Å². The van der Waals surface area contributed by atoms with Crippen LogP contribution in [0.5, 0.6) is 0 Å². The van der Waals surface area contributed by atoms with E-state index in [4.69, 9.17) is 4.98 Å². The maximum Gasteiger partial charge on any atom is 0.242 e. The maximum atomic E-state index is 12.6. The Labute approximate surface area is 163 Å². The lowest BCUT2D eigenvalue weighted by Gasteiger charge is -2.27. The Morgan fingerprint density at radius 3 is 2.70 bits per heavy atom. The quantitative estimate of drug-likeness (QED) is 0.880. The fraction of sp³-hybridized carbons (Fsp3) is 0.476. The molecule has 6 heteroatoms. The van der Waals surface area contributed by atoms with Gasteiger partial charge in [0.2, 0.25) is 11.8 Å². The molecule has 0 atom stereocenters. The van der Waals surface area contributed by atoms with E-state index in [2.05, 4.69) is 17.4 Å². The molecular formula is C21H25N3O2S. The van der Waals surface area contributed by atoms with Crippen LogP contribution in [-0.4, -0.2) is 34.8 Å². The highest BCUT2D eigenvalue weighted by Crippen LogP contribution is 2.31.